The number of rotatable bonds is 13. The van der Waals surface area contributed by atoms with E-state index in [0.717, 1.165) is 29.9 Å². The van der Waals surface area contributed by atoms with E-state index in [9.17, 15) is 0 Å². The largest absolute Gasteiger partial charge is 0.494 e. The van der Waals surface area contributed by atoms with Gasteiger partial charge in [0, 0.05) is 0 Å². The van der Waals surface area contributed by atoms with Gasteiger partial charge in [-0.2, -0.15) is 5.26 Å². The molecule has 0 atom stereocenters. The van der Waals surface area contributed by atoms with Crippen molar-refractivity contribution in [2.24, 2.45) is 0 Å². The molecule has 0 aliphatic rings. The molecular formula is C26H41NO3Si3. The summed E-state index contributed by atoms with van der Waals surface area (Å²) in [5, 5.41) is 8.92. The number of nitrogens with zero attached hydrogens (tertiary/aromatic N) is 1. The van der Waals surface area contributed by atoms with Crippen molar-refractivity contribution < 1.29 is 13.0 Å². The Bertz CT molecular complexity index is 898. The minimum absolute atomic E-state index is 0.680. The summed E-state index contributed by atoms with van der Waals surface area (Å²) in [6.07, 6.45) is 4.69. The molecular weight excluding hydrogens is 459 g/mol. The maximum Gasteiger partial charge on any atom is 0.311 e. The number of ether oxygens (including phenoxy) is 1. The van der Waals surface area contributed by atoms with Gasteiger partial charge in [0.05, 0.1) is 18.2 Å². The maximum atomic E-state index is 8.92. The molecule has 0 saturated heterocycles. The molecule has 0 N–H and O–H groups in total. The fourth-order valence-corrected chi connectivity index (χ4v) is 17.4. The van der Waals surface area contributed by atoms with E-state index in [-0.39, 0.29) is 0 Å². The lowest BCUT2D eigenvalue weighted by atomic mass is 10.0. The third-order valence-electron chi connectivity index (χ3n) is 5.22. The van der Waals surface area contributed by atoms with Crippen LogP contribution in [-0.4, -0.2) is 31.8 Å². The number of unbranched alkanes of at least 4 members (excludes halogenated alkanes) is 3. The highest BCUT2D eigenvalue weighted by Crippen LogP contribution is 2.25. The van der Waals surface area contributed by atoms with E-state index in [4.69, 9.17) is 18.2 Å². The van der Waals surface area contributed by atoms with Crippen LogP contribution in [0.5, 0.6) is 5.75 Å². The average molecular weight is 500 g/mol. The quantitative estimate of drug-likeness (QED) is 0.207. The minimum atomic E-state index is -2.03. The number of hydrogen-bond donors (Lipinski definition) is 0. The summed E-state index contributed by atoms with van der Waals surface area (Å²) in [7, 11) is -5.28. The van der Waals surface area contributed by atoms with Crippen LogP contribution in [0.3, 0.4) is 0 Å². The van der Waals surface area contributed by atoms with E-state index in [1.807, 2.05) is 36.4 Å². The maximum absolute atomic E-state index is 8.92. The van der Waals surface area contributed by atoms with Gasteiger partial charge in [-0.15, -0.1) is 0 Å². The lowest BCUT2D eigenvalue weighted by Gasteiger charge is -2.37. The van der Waals surface area contributed by atoms with Crippen molar-refractivity contribution in [1.29, 1.82) is 5.26 Å². The Balaban J connectivity index is 1.65. The van der Waals surface area contributed by atoms with Gasteiger partial charge in [0.15, 0.2) is 16.6 Å². The van der Waals surface area contributed by atoms with Gasteiger partial charge in [-0.05, 0) is 93.7 Å². The summed E-state index contributed by atoms with van der Waals surface area (Å²) < 4.78 is 18.9. The van der Waals surface area contributed by atoms with Crippen LogP contribution < -0.4 is 4.74 Å². The lowest BCUT2D eigenvalue weighted by molar-refractivity contribution is 0.305. The predicted molar refractivity (Wildman–Crippen MR) is 146 cm³/mol. The van der Waals surface area contributed by atoms with Crippen molar-refractivity contribution in [1.82, 2.24) is 0 Å². The van der Waals surface area contributed by atoms with Crippen LogP contribution in [0.4, 0.5) is 0 Å². The highest BCUT2D eigenvalue weighted by atomic mass is 28.5. The third kappa shape index (κ3) is 10.8. The van der Waals surface area contributed by atoms with Crippen molar-refractivity contribution in [2.45, 2.75) is 77.6 Å². The molecule has 0 radical (unpaired) electrons. The van der Waals surface area contributed by atoms with Crippen molar-refractivity contribution in [3.05, 3.63) is 54.1 Å². The first-order valence-electron chi connectivity index (χ1n) is 12.0. The lowest BCUT2D eigenvalue weighted by Crippen LogP contribution is -2.51. The number of hydrogen-bond acceptors (Lipinski definition) is 4. The van der Waals surface area contributed by atoms with Gasteiger partial charge in [-0.1, -0.05) is 43.5 Å². The van der Waals surface area contributed by atoms with E-state index in [0.29, 0.717) is 5.56 Å². The molecule has 0 heterocycles. The molecule has 180 valence electrons. The van der Waals surface area contributed by atoms with Gasteiger partial charge in [0.2, 0.25) is 0 Å². The van der Waals surface area contributed by atoms with Gasteiger partial charge in [0.25, 0.3) is 0 Å². The van der Waals surface area contributed by atoms with Crippen LogP contribution >= 0.6 is 0 Å². The molecule has 2 aromatic rings. The second-order valence-corrected chi connectivity index (χ2v) is 23.4. The van der Waals surface area contributed by atoms with Gasteiger partial charge in [0.1, 0.15) is 5.75 Å². The zero-order chi connectivity index (χ0) is 24.5. The topological polar surface area (TPSA) is 51.5 Å². The zero-order valence-corrected chi connectivity index (χ0v) is 24.5. The van der Waals surface area contributed by atoms with Crippen molar-refractivity contribution in [3.8, 4) is 22.9 Å². The molecule has 0 aliphatic carbocycles. The summed E-state index contributed by atoms with van der Waals surface area (Å²) in [6.45, 7) is 16.5. The van der Waals surface area contributed by atoms with Crippen LogP contribution in [0.25, 0.3) is 11.1 Å². The Labute approximate surface area is 204 Å². The second-order valence-electron chi connectivity index (χ2n) is 10.7. The SMILES string of the molecule is C[Si](C)(C)O[Si](C)(C)O[Si](C)(C)CCCCCCOc1ccc(-c2ccc(C#N)cc2)cc1. The number of benzene rings is 2. The van der Waals surface area contributed by atoms with Gasteiger partial charge < -0.3 is 13.0 Å². The highest BCUT2D eigenvalue weighted by Gasteiger charge is 2.37. The zero-order valence-electron chi connectivity index (χ0n) is 21.5. The molecule has 4 nitrogen and oxygen atoms in total. The van der Waals surface area contributed by atoms with Crippen LogP contribution in [0, 0.1) is 11.3 Å². The molecule has 2 rings (SSSR count). The summed E-state index contributed by atoms with van der Waals surface area (Å²) in [5.41, 5.74) is 2.91. The van der Waals surface area contributed by atoms with E-state index in [1.54, 1.807) is 0 Å². The summed E-state index contributed by atoms with van der Waals surface area (Å²) in [5.74, 6) is 0.906. The second kappa shape index (κ2) is 12.1. The fourth-order valence-electron chi connectivity index (χ4n) is 4.15. The molecule has 0 aromatic heterocycles. The Morgan fingerprint density at radius 2 is 1.24 bits per heavy atom. The Morgan fingerprint density at radius 1 is 0.697 bits per heavy atom. The predicted octanol–water partition coefficient (Wildman–Crippen LogP) is 7.94. The average Bonchev–Trinajstić information content (AvgIpc) is 2.71. The summed E-state index contributed by atoms with van der Waals surface area (Å²) in [6, 6.07) is 19.2. The molecule has 0 fully saturated rings. The molecule has 0 unspecified atom stereocenters. The smallest absolute Gasteiger partial charge is 0.311 e. The van der Waals surface area contributed by atoms with Crippen LogP contribution in [0.15, 0.2) is 48.5 Å². The first kappa shape index (κ1) is 27.5. The van der Waals surface area contributed by atoms with E-state index >= 15 is 0 Å². The van der Waals surface area contributed by atoms with Crippen molar-refractivity contribution in [3.63, 3.8) is 0 Å². The molecule has 2 aromatic carbocycles. The molecule has 0 saturated carbocycles. The van der Waals surface area contributed by atoms with E-state index in [2.05, 4.69) is 64.0 Å². The van der Waals surface area contributed by atoms with Crippen LogP contribution in [0.1, 0.15) is 31.2 Å². The molecule has 0 spiro atoms. The molecule has 0 aliphatic heterocycles. The van der Waals surface area contributed by atoms with Crippen molar-refractivity contribution >= 4 is 25.2 Å². The monoisotopic (exact) mass is 499 g/mol. The third-order valence-corrected chi connectivity index (χ3v) is 15.4. The Hall–Kier alpha value is -1.70. The summed E-state index contributed by atoms with van der Waals surface area (Å²) in [4.78, 5) is 0. The number of nitriles is 1. The van der Waals surface area contributed by atoms with E-state index < -0.39 is 25.2 Å². The van der Waals surface area contributed by atoms with Gasteiger partial charge in [-0.3, -0.25) is 0 Å². The molecule has 7 heteroatoms. The first-order valence-corrected chi connectivity index (χ1v) is 21.4. The fraction of sp³-hybridized carbons (Fsp3) is 0.500. The first-order chi connectivity index (χ1) is 15.4. The van der Waals surface area contributed by atoms with Crippen LogP contribution in [0.2, 0.25) is 51.9 Å². The molecule has 0 amide bonds. The standard InChI is InChI=1S/C26H41NO3Si3/c1-31(2,3)29-33(6,7)30-32(4,5)21-11-9-8-10-20-28-26-18-16-25(17-19-26)24-14-12-23(22-27)13-15-24/h12-19H,8-11,20-21H2,1-7H3. The van der Waals surface area contributed by atoms with E-state index in [1.165, 1.54) is 25.3 Å². The Kier molecular flexibility index (Phi) is 10.1. The molecule has 33 heavy (non-hydrogen) atoms. The van der Waals surface area contributed by atoms with Crippen LogP contribution in [-0.2, 0) is 8.23 Å². The normalized spacial score (nSPS) is 12.4. The Morgan fingerprint density at radius 3 is 1.79 bits per heavy atom. The molecule has 0 bridgehead atoms. The van der Waals surface area contributed by atoms with Gasteiger partial charge in [-0.25, -0.2) is 0 Å². The minimum Gasteiger partial charge on any atom is -0.494 e. The summed E-state index contributed by atoms with van der Waals surface area (Å²) >= 11 is 0. The highest BCUT2D eigenvalue weighted by molar-refractivity contribution is 6.87. The van der Waals surface area contributed by atoms with Gasteiger partial charge >= 0.3 is 8.56 Å². The van der Waals surface area contributed by atoms with Crippen molar-refractivity contribution in [2.75, 3.05) is 6.61 Å².